The monoisotopic (exact) mass is 350 g/mol. The van der Waals surface area contributed by atoms with Crippen LogP contribution in [0.2, 0.25) is 0 Å². The summed E-state index contributed by atoms with van der Waals surface area (Å²) in [7, 11) is 1.63. The number of likely N-dealkylation sites (tertiary alicyclic amines) is 1. The Labute approximate surface area is 147 Å². The minimum Gasteiger partial charge on any atom is -0.383 e. The van der Waals surface area contributed by atoms with E-state index in [0.717, 1.165) is 30.6 Å². The first-order valence-corrected chi connectivity index (χ1v) is 9.64. The molecule has 1 atom stereocenters. The molecule has 6 heteroatoms. The summed E-state index contributed by atoms with van der Waals surface area (Å²) in [6.07, 6.45) is 5.64. The first kappa shape index (κ1) is 17.4. The van der Waals surface area contributed by atoms with E-state index < -0.39 is 0 Å². The Bertz CT molecular complexity index is 567. The number of methoxy groups -OCH3 is 1. The first-order chi connectivity index (χ1) is 11.7. The minimum absolute atomic E-state index is 0.0394. The van der Waals surface area contributed by atoms with Gasteiger partial charge in [0.05, 0.1) is 17.4 Å². The molecule has 1 spiro atoms. The summed E-state index contributed by atoms with van der Waals surface area (Å²) in [4.78, 5) is 28.2. The van der Waals surface area contributed by atoms with Crippen LogP contribution in [0, 0.1) is 11.3 Å². The minimum atomic E-state index is -0.0985. The third kappa shape index (κ3) is 3.49. The number of thiophene rings is 1. The fourth-order valence-electron chi connectivity index (χ4n) is 4.20. The Morgan fingerprint density at radius 2 is 2.17 bits per heavy atom. The maximum Gasteiger partial charge on any atom is 0.263 e. The zero-order chi connectivity index (χ0) is 17.0. The van der Waals surface area contributed by atoms with Gasteiger partial charge < -0.3 is 15.0 Å². The summed E-state index contributed by atoms with van der Waals surface area (Å²) in [5.74, 6) is 0.0520. The Hall–Kier alpha value is -1.40. The van der Waals surface area contributed by atoms with Crippen LogP contribution >= 0.6 is 11.3 Å². The van der Waals surface area contributed by atoms with Crippen LogP contribution in [0.3, 0.4) is 0 Å². The predicted octanol–water partition coefficient (Wildman–Crippen LogP) is 2.53. The van der Waals surface area contributed by atoms with E-state index in [1.165, 1.54) is 17.8 Å². The van der Waals surface area contributed by atoms with Gasteiger partial charge in [-0.25, -0.2) is 0 Å². The molecule has 132 valence electrons. The number of nitrogens with zero attached hydrogens (tertiary/aromatic N) is 1. The van der Waals surface area contributed by atoms with Crippen molar-refractivity contribution in [3.63, 3.8) is 0 Å². The number of ether oxygens (including phenoxy) is 1. The molecular weight excluding hydrogens is 324 g/mol. The average molecular weight is 350 g/mol. The third-order valence-corrected chi connectivity index (χ3v) is 6.30. The van der Waals surface area contributed by atoms with E-state index in [0.29, 0.717) is 26.2 Å². The van der Waals surface area contributed by atoms with E-state index in [2.05, 4.69) is 5.32 Å². The van der Waals surface area contributed by atoms with E-state index in [1.54, 1.807) is 7.11 Å². The van der Waals surface area contributed by atoms with Crippen molar-refractivity contribution in [3.05, 3.63) is 22.4 Å². The second-order valence-electron chi connectivity index (χ2n) is 6.92. The van der Waals surface area contributed by atoms with Gasteiger partial charge in [0, 0.05) is 32.2 Å². The van der Waals surface area contributed by atoms with E-state index in [-0.39, 0.29) is 23.1 Å². The lowest BCUT2D eigenvalue weighted by Crippen LogP contribution is -2.43. The first-order valence-electron chi connectivity index (χ1n) is 8.76. The fraction of sp³-hybridized carbons (Fsp3) is 0.667. The number of nitrogens with one attached hydrogen (secondary N) is 1. The molecule has 0 radical (unpaired) electrons. The highest BCUT2D eigenvalue weighted by Gasteiger charge is 2.51. The number of carbonyl (C=O) groups is 2. The van der Waals surface area contributed by atoms with Crippen molar-refractivity contribution < 1.29 is 14.3 Å². The molecule has 2 heterocycles. The van der Waals surface area contributed by atoms with Gasteiger partial charge in [-0.15, -0.1) is 11.3 Å². The number of amides is 2. The smallest absolute Gasteiger partial charge is 0.263 e. The van der Waals surface area contributed by atoms with Gasteiger partial charge >= 0.3 is 0 Å². The maximum absolute atomic E-state index is 12.7. The van der Waals surface area contributed by atoms with E-state index in [4.69, 9.17) is 4.74 Å². The normalized spacial score (nSPS) is 22.7. The van der Waals surface area contributed by atoms with Crippen molar-refractivity contribution in [2.75, 3.05) is 33.4 Å². The molecule has 1 aliphatic carbocycles. The molecule has 3 rings (SSSR count). The van der Waals surface area contributed by atoms with Gasteiger partial charge in [-0.1, -0.05) is 25.3 Å². The number of hydrogen-bond donors (Lipinski definition) is 1. The third-order valence-electron chi connectivity index (χ3n) is 5.44. The summed E-state index contributed by atoms with van der Waals surface area (Å²) in [6, 6.07) is 3.77. The van der Waals surface area contributed by atoms with Crippen molar-refractivity contribution in [2.24, 2.45) is 11.3 Å². The summed E-state index contributed by atoms with van der Waals surface area (Å²) in [5, 5.41) is 4.92. The van der Waals surface area contributed by atoms with Crippen LogP contribution in [0.4, 0.5) is 0 Å². The SMILES string of the molecule is COCCNC(=O)C1CN(C(=O)c2cccs2)CC12CCCCC2. The highest BCUT2D eigenvalue weighted by atomic mass is 32.1. The van der Waals surface area contributed by atoms with Gasteiger partial charge in [0.25, 0.3) is 5.91 Å². The molecule has 1 N–H and O–H groups in total. The van der Waals surface area contributed by atoms with Crippen molar-refractivity contribution in [3.8, 4) is 0 Å². The Morgan fingerprint density at radius 3 is 2.83 bits per heavy atom. The van der Waals surface area contributed by atoms with Gasteiger partial charge in [-0.3, -0.25) is 9.59 Å². The molecule has 0 aromatic carbocycles. The molecule has 5 nitrogen and oxygen atoms in total. The molecule has 1 saturated heterocycles. The topological polar surface area (TPSA) is 58.6 Å². The van der Waals surface area contributed by atoms with Gasteiger partial charge in [-0.05, 0) is 24.3 Å². The van der Waals surface area contributed by atoms with E-state index in [1.807, 2.05) is 22.4 Å². The standard InChI is InChI=1S/C18H26N2O3S/c1-23-10-9-19-16(21)14-12-20(17(22)15-6-5-11-24-15)13-18(14)7-3-2-4-8-18/h5-6,11,14H,2-4,7-10,12-13H2,1H3,(H,19,21). The Balaban J connectivity index is 1.74. The van der Waals surface area contributed by atoms with Crippen LogP contribution in [-0.2, 0) is 9.53 Å². The van der Waals surface area contributed by atoms with Crippen LogP contribution < -0.4 is 5.32 Å². The van der Waals surface area contributed by atoms with Crippen LogP contribution in [0.1, 0.15) is 41.8 Å². The molecule has 2 amide bonds. The Kier molecular flexibility index (Phi) is 5.56. The molecule has 2 fully saturated rings. The predicted molar refractivity (Wildman–Crippen MR) is 94.1 cm³/mol. The molecule has 1 aromatic rings. The molecule has 1 aromatic heterocycles. The van der Waals surface area contributed by atoms with Crippen LogP contribution in [0.5, 0.6) is 0 Å². The summed E-state index contributed by atoms with van der Waals surface area (Å²) in [6.45, 7) is 2.30. The maximum atomic E-state index is 12.7. The highest BCUT2D eigenvalue weighted by Crippen LogP contribution is 2.48. The van der Waals surface area contributed by atoms with Crippen molar-refractivity contribution in [1.82, 2.24) is 10.2 Å². The second kappa shape index (κ2) is 7.66. The molecule has 1 aliphatic heterocycles. The van der Waals surface area contributed by atoms with Gasteiger partial charge in [0.1, 0.15) is 0 Å². The summed E-state index contributed by atoms with van der Waals surface area (Å²) >= 11 is 1.47. The molecule has 0 bridgehead atoms. The van der Waals surface area contributed by atoms with Crippen molar-refractivity contribution >= 4 is 23.2 Å². The molecular formula is C18H26N2O3S. The fourth-order valence-corrected chi connectivity index (χ4v) is 4.89. The van der Waals surface area contributed by atoms with Crippen LogP contribution in [0.25, 0.3) is 0 Å². The largest absolute Gasteiger partial charge is 0.383 e. The van der Waals surface area contributed by atoms with E-state index >= 15 is 0 Å². The number of carbonyl (C=O) groups excluding carboxylic acids is 2. The average Bonchev–Trinajstić information content (AvgIpc) is 3.24. The van der Waals surface area contributed by atoms with Crippen LogP contribution in [-0.4, -0.2) is 50.1 Å². The molecule has 1 unspecified atom stereocenters. The van der Waals surface area contributed by atoms with Gasteiger partial charge in [-0.2, -0.15) is 0 Å². The quantitative estimate of drug-likeness (QED) is 0.830. The number of rotatable bonds is 5. The lowest BCUT2D eigenvalue weighted by Gasteiger charge is -2.37. The van der Waals surface area contributed by atoms with Gasteiger partial charge in [0.2, 0.25) is 5.91 Å². The number of hydrogen-bond acceptors (Lipinski definition) is 4. The summed E-state index contributed by atoms with van der Waals surface area (Å²) < 4.78 is 5.02. The molecule has 2 aliphatic rings. The van der Waals surface area contributed by atoms with E-state index in [9.17, 15) is 9.59 Å². The van der Waals surface area contributed by atoms with Crippen molar-refractivity contribution in [1.29, 1.82) is 0 Å². The van der Waals surface area contributed by atoms with Gasteiger partial charge in [0.15, 0.2) is 0 Å². The van der Waals surface area contributed by atoms with Crippen LogP contribution in [0.15, 0.2) is 17.5 Å². The Morgan fingerprint density at radius 1 is 1.38 bits per heavy atom. The second-order valence-corrected chi connectivity index (χ2v) is 7.87. The zero-order valence-corrected chi connectivity index (χ0v) is 15.1. The summed E-state index contributed by atoms with van der Waals surface area (Å²) in [5.41, 5.74) is -0.0394. The molecule has 1 saturated carbocycles. The highest BCUT2D eigenvalue weighted by molar-refractivity contribution is 7.12. The zero-order valence-electron chi connectivity index (χ0n) is 14.3. The van der Waals surface area contributed by atoms with Crippen molar-refractivity contribution in [2.45, 2.75) is 32.1 Å². The lowest BCUT2D eigenvalue weighted by atomic mass is 9.67. The molecule has 24 heavy (non-hydrogen) atoms. The lowest BCUT2D eigenvalue weighted by molar-refractivity contribution is -0.128.